The van der Waals surface area contributed by atoms with Crippen molar-refractivity contribution in [3.05, 3.63) is 59.1 Å². The maximum absolute atomic E-state index is 12.7. The standard InChI is InChI=1S/C15H15ClNO5P/c16-12-3-1-2-11(10-12)15-8-9-20-23(19,22-15)21-14-6-4-13(17-18)5-7-14/h1-7,10,15,17-18H,8-9H2/t15-,23-/m0/s1. The highest BCUT2D eigenvalue weighted by Gasteiger charge is 2.37. The van der Waals surface area contributed by atoms with E-state index in [0.29, 0.717) is 22.9 Å². The molecule has 6 nitrogen and oxygen atoms in total. The van der Waals surface area contributed by atoms with Crippen molar-refractivity contribution in [2.24, 2.45) is 0 Å². The Morgan fingerprint density at radius 1 is 1.26 bits per heavy atom. The third-order valence-electron chi connectivity index (χ3n) is 3.31. The second-order valence-electron chi connectivity index (χ2n) is 4.95. The first-order valence-electron chi connectivity index (χ1n) is 6.96. The lowest BCUT2D eigenvalue weighted by molar-refractivity contribution is 0.0510. The molecule has 2 N–H and O–H groups in total. The molecule has 0 radical (unpaired) electrons. The lowest BCUT2D eigenvalue weighted by atomic mass is 10.1. The Labute approximate surface area is 138 Å². The minimum absolute atomic E-state index is 0.255. The second kappa shape index (κ2) is 6.91. The van der Waals surface area contributed by atoms with Crippen molar-refractivity contribution in [3.8, 4) is 5.75 Å². The van der Waals surface area contributed by atoms with Gasteiger partial charge in [0.25, 0.3) is 0 Å². The summed E-state index contributed by atoms with van der Waals surface area (Å²) in [6, 6.07) is 13.4. The van der Waals surface area contributed by atoms with Gasteiger partial charge in [0.15, 0.2) is 0 Å². The molecule has 2 aromatic carbocycles. The summed E-state index contributed by atoms with van der Waals surface area (Å²) < 4.78 is 28.8. The van der Waals surface area contributed by atoms with Gasteiger partial charge in [0.1, 0.15) is 5.75 Å². The number of hydrogen-bond acceptors (Lipinski definition) is 6. The van der Waals surface area contributed by atoms with Gasteiger partial charge < -0.3 is 4.52 Å². The number of anilines is 1. The van der Waals surface area contributed by atoms with Gasteiger partial charge in [-0.25, -0.2) is 4.57 Å². The summed E-state index contributed by atoms with van der Waals surface area (Å²) in [5.74, 6) is 0.319. The molecule has 1 fully saturated rings. The molecule has 1 aliphatic rings. The number of rotatable bonds is 4. The lowest BCUT2D eigenvalue weighted by Crippen LogP contribution is -2.16. The van der Waals surface area contributed by atoms with Gasteiger partial charge in [0, 0.05) is 11.4 Å². The normalized spacial score (nSPS) is 24.2. The van der Waals surface area contributed by atoms with E-state index in [1.165, 1.54) is 0 Å². The zero-order valence-electron chi connectivity index (χ0n) is 12.0. The van der Waals surface area contributed by atoms with E-state index < -0.39 is 13.9 Å². The molecule has 0 aromatic heterocycles. The predicted molar refractivity (Wildman–Crippen MR) is 85.9 cm³/mol. The molecule has 8 heteroatoms. The molecule has 1 saturated heterocycles. The molecule has 1 aliphatic heterocycles. The monoisotopic (exact) mass is 355 g/mol. The average molecular weight is 356 g/mol. The molecular formula is C15H15ClNO5P. The fourth-order valence-corrected chi connectivity index (χ4v) is 3.82. The van der Waals surface area contributed by atoms with Gasteiger partial charge in [0.2, 0.25) is 0 Å². The van der Waals surface area contributed by atoms with Gasteiger partial charge in [0.05, 0.1) is 18.4 Å². The molecule has 0 saturated carbocycles. The van der Waals surface area contributed by atoms with Crippen LogP contribution in [0.25, 0.3) is 0 Å². The quantitative estimate of drug-likeness (QED) is 0.605. The van der Waals surface area contributed by atoms with Crippen LogP contribution in [0.5, 0.6) is 5.75 Å². The third kappa shape index (κ3) is 4.05. The SMILES string of the molecule is O=[P@@]1(Oc2ccc(NO)cc2)OCC[C@@H](c2cccc(Cl)c2)O1. The minimum Gasteiger partial charge on any atom is -0.404 e. The van der Waals surface area contributed by atoms with E-state index in [1.54, 1.807) is 36.4 Å². The van der Waals surface area contributed by atoms with Crippen LogP contribution in [0.15, 0.2) is 48.5 Å². The van der Waals surface area contributed by atoms with Crippen molar-refractivity contribution < 1.29 is 23.3 Å². The summed E-state index contributed by atoms with van der Waals surface area (Å²) in [6.07, 6.45) is 0.146. The summed E-state index contributed by atoms with van der Waals surface area (Å²) >= 11 is 5.98. The number of nitrogens with one attached hydrogen (secondary N) is 1. The Bertz CT molecular complexity index is 724. The van der Waals surface area contributed by atoms with Crippen LogP contribution in [0.3, 0.4) is 0 Å². The van der Waals surface area contributed by atoms with Gasteiger partial charge in [-0.05, 0) is 42.0 Å². The largest absolute Gasteiger partial charge is 0.530 e. The molecule has 2 aromatic rings. The van der Waals surface area contributed by atoms with Crippen molar-refractivity contribution in [1.82, 2.24) is 0 Å². The summed E-state index contributed by atoms with van der Waals surface area (Å²) in [5, 5.41) is 9.36. The van der Waals surface area contributed by atoms with Crippen molar-refractivity contribution >= 4 is 25.1 Å². The molecule has 0 unspecified atom stereocenters. The highest BCUT2D eigenvalue weighted by molar-refractivity contribution is 7.49. The molecule has 0 amide bonds. The van der Waals surface area contributed by atoms with Gasteiger partial charge in [-0.1, -0.05) is 23.7 Å². The number of benzene rings is 2. The fourth-order valence-electron chi connectivity index (χ4n) is 2.21. The van der Waals surface area contributed by atoms with E-state index in [2.05, 4.69) is 0 Å². The molecule has 3 rings (SSSR count). The van der Waals surface area contributed by atoms with Gasteiger partial charge >= 0.3 is 7.82 Å². The molecule has 2 atom stereocenters. The summed E-state index contributed by atoms with van der Waals surface area (Å²) in [4.78, 5) is 0. The van der Waals surface area contributed by atoms with E-state index >= 15 is 0 Å². The first kappa shape index (κ1) is 16.3. The van der Waals surface area contributed by atoms with Crippen molar-refractivity contribution in [3.63, 3.8) is 0 Å². The summed E-state index contributed by atoms with van der Waals surface area (Å²) in [7, 11) is -3.72. The Morgan fingerprint density at radius 3 is 2.74 bits per heavy atom. The molecule has 122 valence electrons. The highest BCUT2D eigenvalue weighted by Crippen LogP contribution is 2.56. The zero-order valence-corrected chi connectivity index (χ0v) is 13.7. The highest BCUT2D eigenvalue weighted by atomic mass is 35.5. The van der Waals surface area contributed by atoms with Crippen LogP contribution in [0.1, 0.15) is 18.1 Å². The van der Waals surface area contributed by atoms with Crippen LogP contribution in [0.4, 0.5) is 5.69 Å². The van der Waals surface area contributed by atoms with Crippen LogP contribution >= 0.6 is 19.4 Å². The molecular weight excluding hydrogens is 341 g/mol. The number of hydrogen-bond donors (Lipinski definition) is 2. The average Bonchev–Trinajstić information content (AvgIpc) is 2.55. The zero-order chi connectivity index (χ0) is 16.3. The molecule has 0 aliphatic carbocycles. The molecule has 0 bridgehead atoms. The van der Waals surface area contributed by atoms with Crippen molar-refractivity contribution in [2.75, 3.05) is 12.1 Å². The number of halogens is 1. The minimum atomic E-state index is -3.72. The van der Waals surface area contributed by atoms with E-state index in [1.807, 2.05) is 17.6 Å². The van der Waals surface area contributed by atoms with Crippen molar-refractivity contribution in [1.29, 1.82) is 0 Å². The van der Waals surface area contributed by atoms with Crippen LogP contribution in [-0.4, -0.2) is 11.8 Å². The van der Waals surface area contributed by atoms with E-state index in [-0.39, 0.29) is 6.61 Å². The van der Waals surface area contributed by atoms with Gasteiger partial charge in [-0.2, -0.15) is 0 Å². The first-order valence-corrected chi connectivity index (χ1v) is 8.80. The Hall–Kier alpha value is -1.56. The van der Waals surface area contributed by atoms with Crippen LogP contribution in [-0.2, 0) is 13.6 Å². The topological polar surface area (TPSA) is 77.0 Å². The predicted octanol–water partition coefficient (Wildman–Crippen LogP) is 4.81. The summed E-state index contributed by atoms with van der Waals surface area (Å²) in [5.41, 5.74) is 3.31. The number of phosphoric ester groups is 1. The maximum atomic E-state index is 12.7. The third-order valence-corrected chi connectivity index (χ3v) is 4.99. The van der Waals surface area contributed by atoms with E-state index in [0.717, 1.165) is 5.56 Å². The Balaban J connectivity index is 1.74. The van der Waals surface area contributed by atoms with Crippen LogP contribution < -0.4 is 10.0 Å². The number of phosphoric acid groups is 1. The Morgan fingerprint density at radius 2 is 2.04 bits per heavy atom. The first-order chi connectivity index (χ1) is 11.1. The Kier molecular flexibility index (Phi) is 4.90. The fraction of sp³-hybridized carbons (Fsp3) is 0.200. The smallest absolute Gasteiger partial charge is 0.404 e. The van der Waals surface area contributed by atoms with Gasteiger partial charge in [-0.3, -0.25) is 19.7 Å². The molecule has 23 heavy (non-hydrogen) atoms. The second-order valence-corrected chi connectivity index (χ2v) is 6.93. The van der Waals surface area contributed by atoms with E-state index in [4.69, 9.17) is 30.4 Å². The van der Waals surface area contributed by atoms with Crippen molar-refractivity contribution in [2.45, 2.75) is 12.5 Å². The molecule has 0 spiro atoms. The molecule has 1 heterocycles. The lowest BCUT2D eigenvalue weighted by Gasteiger charge is -2.29. The van der Waals surface area contributed by atoms with E-state index in [9.17, 15) is 4.57 Å². The van der Waals surface area contributed by atoms with Crippen LogP contribution in [0.2, 0.25) is 5.02 Å². The van der Waals surface area contributed by atoms with Gasteiger partial charge in [-0.15, -0.1) is 0 Å². The summed E-state index contributed by atoms with van der Waals surface area (Å²) in [6.45, 7) is 0.255. The van der Waals surface area contributed by atoms with Crippen LogP contribution in [0, 0.1) is 0 Å². The maximum Gasteiger partial charge on any atom is 0.530 e.